The van der Waals surface area contributed by atoms with Gasteiger partial charge < -0.3 is 9.80 Å². The van der Waals surface area contributed by atoms with E-state index in [9.17, 15) is 0 Å². The molecule has 0 aromatic heterocycles. The van der Waals surface area contributed by atoms with Crippen LogP contribution < -0.4 is 41.7 Å². The summed E-state index contributed by atoms with van der Waals surface area (Å²) >= 11 is 0. The molecule has 294 valence electrons. The van der Waals surface area contributed by atoms with Crippen LogP contribution in [0.4, 0.5) is 34.1 Å². The average Bonchev–Trinajstić information content (AvgIpc) is 3.15. The third-order valence-corrected chi connectivity index (χ3v) is 18.0. The maximum atomic E-state index is 2.66. The van der Waals surface area contributed by atoms with E-state index < -0.39 is 8.07 Å². The molecule has 0 bridgehead atoms. The number of aryl methyl sites for hydroxylation is 1. The summed E-state index contributed by atoms with van der Waals surface area (Å²) < 4.78 is 0. The fourth-order valence-electron chi connectivity index (χ4n) is 10.1. The first-order valence-corrected chi connectivity index (χ1v) is 24.0. The number of hydrogen-bond donors (Lipinski definition) is 0. The molecule has 58 heavy (non-hydrogen) atoms. The summed E-state index contributed by atoms with van der Waals surface area (Å²) in [6.07, 6.45) is 0. The van der Waals surface area contributed by atoms with Gasteiger partial charge in [0.15, 0.2) is 0 Å². The van der Waals surface area contributed by atoms with Crippen LogP contribution in [-0.2, 0) is 21.7 Å². The Morgan fingerprint density at radius 2 is 0.914 bits per heavy atom. The first-order valence-electron chi connectivity index (χ1n) is 21.5. The fourth-order valence-corrected chi connectivity index (χ4v) is 14.3. The molecule has 0 amide bonds. The van der Waals surface area contributed by atoms with E-state index in [4.69, 9.17) is 0 Å². The molecule has 3 heterocycles. The summed E-state index contributed by atoms with van der Waals surface area (Å²) in [4.78, 5) is 5.30. The van der Waals surface area contributed by atoms with Crippen molar-refractivity contribution >= 4 is 80.9 Å². The Balaban J connectivity index is 1.46. The summed E-state index contributed by atoms with van der Waals surface area (Å²) in [7, 11) is -2.58. The van der Waals surface area contributed by atoms with Crippen molar-refractivity contribution in [2.24, 2.45) is 0 Å². The van der Waals surface area contributed by atoms with Crippen LogP contribution in [0.3, 0.4) is 0 Å². The molecule has 4 heteroatoms. The van der Waals surface area contributed by atoms with Crippen LogP contribution in [0.25, 0.3) is 0 Å². The second kappa shape index (κ2) is 12.6. The number of rotatable bonds is 3. The molecule has 0 fully saturated rings. The van der Waals surface area contributed by atoms with E-state index in [-0.39, 0.29) is 28.4 Å². The highest BCUT2D eigenvalue weighted by Gasteiger charge is 2.54. The van der Waals surface area contributed by atoms with E-state index >= 15 is 0 Å². The van der Waals surface area contributed by atoms with Crippen molar-refractivity contribution in [3.63, 3.8) is 0 Å². The molecular formula is C54H61BN2Si. The summed E-state index contributed by atoms with van der Waals surface area (Å²) in [6.45, 7) is 33.3. The van der Waals surface area contributed by atoms with Crippen molar-refractivity contribution in [3.05, 3.63) is 143 Å². The van der Waals surface area contributed by atoms with Crippen molar-refractivity contribution in [2.75, 3.05) is 9.80 Å². The summed E-state index contributed by atoms with van der Waals surface area (Å²) in [6, 6.07) is 45.9. The van der Waals surface area contributed by atoms with Crippen LogP contribution in [0.5, 0.6) is 0 Å². The second-order valence-electron chi connectivity index (χ2n) is 21.8. The van der Waals surface area contributed by atoms with Crippen molar-refractivity contribution in [2.45, 2.75) is 118 Å². The molecule has 9 rings (SSSR count). The zero-order chi connectivity index (χ0) is 41.5. The lowest BCUT2D eigenvalue weighted by Crippen LogP contribution is -2.83. The lowest BCUT2D eigenvalue weighted by atomic mass is 9.33. The van der Waals surface area contributed by atoms with E-state index in [1.807, 2.05) is 0 Å². The quantitative estimate of drug-likeness (QED) is 0.165. The first kappa shape index (κ1) is 38.7. The van der Waals surface area contributed by atoms with Gasteiger partial charge in [-0.2, -0.15) is 0 Å². The SMILES string of the molecule is Cc1cc2c3c(c1)N(c1ccc(C(C)(C)C)cc1)c1cc(C(C)(C)C)cc4c1B3c1c(cccc1[Si]4(C)c1ccccc1)N2c1cc(C(C)(C)C)cc(C(C)(C)C)c1. The maximum Gasteiger partial charge on any atom is 0.251 e. The monoisotopic (exact) mass is 776 g/mol. The largest absolute Gasteiger partial charge is 0.311 e. The smallest absolute Gasteiger partial charge is 0.251 e. The minimum absolute atomic E-state index is 0.0100. The van der Waals surface area contributed by atoms with Gasteiger partial charge in [0, 0.05) is 34.1 Å². The van der Waals surface area contributed by atoms with E-state index in [0.29, 0.717) is 0 Å². The average molecular weight is 777 g/mol. The Labute approximate surface area is 350 Å². The van der Waals surface area contributed by atoms with Crippen molar-refractivity contribution in [1.82, 2.24) is 0 Å². The minimum Gasteiger partial charge on any atom is -0.311 e. The Hall–Kier alpha value is -4.80. The minimum atomic E-state index is -2.58. The van der Waals surface area contributed by atoms with Crippen LogP contribution in [0.15, 0.2) is 115 Å². The Morgan fingerprint density at radius 3 is 1.47 bits per heavy atom. The Morgan fingerprint density at radius 1 is 0.414 bits per heavy atom. The topological polar surface area (TPSA) is 6.48 Å². The van der Waals surface area contributed by atoms with Crippen LogP contribution in [-0.4, -0.2) is 14.8 Å². The van der Waals surface area contributed by atoms with Crippen molar-refractivity contribution in [3.8, 4) is 0 Å². The van der Waals surface area contributed by atoms with E-state index in [2.05, 4.69) is 222 Å². The predicted octanol–water partition coefficient (Wildman–Crippen LogP) is 10.7. The molecule has 0 saturated heterocycles. The molecule has 0 N–H and O–H groups in total. The number of benzene rings is 6. The molecule has 0 aliphatic carbocycles. The van der Waals surface area contributed by atoms with Crippen molar-refractivity contribution < 1.29 is 0 Å². The molecule has 0 spiro atoms. The van der Waals surface area contributed by atoms with Gasteiger partial charge in [0.25, 0.3) is 6.71 Å². The zero-order valence-corrected chi connectivity index (χ0v) is 38.4. The van der Waals surface area contributed by atoms with Gasteiger partial charge in [0.1, 0.15) is 8.07 Å². The molecule has 6 aromatic rings. The van der Waals surface area contributed by atoms with Gasteiger partial charge in [0.2, 0.25) is 0 Å². The second-order valence-corrected chi connectivity index (χ2v) is 25.7. The third-order valence-electron chi connectivity index (χ3n) is 13.5. The molecule has 1 unspecified atom stereocenters. The molecule has 1 atom stereocenters. The summed E-state index contributed by atoms with van der Waals surface area (Å²) in [5.74, 6) is 0. The van der Waals surface area contributed by atoms with Crippen LogP contribution >= 0.6 is 0 Å². The molecule has 0 saturated carbocycles. The summed E-state index contributed by atoms with van der Waals surface area (Å²) in [5, 5.41) is 4.56. The lowest BCUT2D eigenvalue weighted by Gasteiger charge is -2.51. The van der Waals surface area contributed by atoms with E-state index in [1.165, 1.54) is 83.5 Å². The standard InChI is InChI=1S/C54H61BN2Si/c1-34-27-43-48-44(28-34)57(40-30-36(52(5,6)7)29-37(31-40)53(8,9)10)42-21-18-22-46-49(42)55(48)50-45(56(43)39-25-23-35(24-26-39)51(2,3)4)32-38(54(11,12)13)33-47(50)58(46,14)41-19-16-15-17-20-41/h15-33H,1-14H3. The van der Waals surface area contributed by atoms with E-state index in [0.717, 1.165) is 0 Å². The van der Waals surface area contributed by atoms with Crippen LogP contribution in [0.1, 0.15) is 111 Å². The normalized spacial score (nSPS) is 17.1. The number of hydrogen-bond acceptors (Lipinski definition) is 2. The van der Waals surface area contributed by atoms with E-state index in [1.54, 1.807) is 10.4 Å². The molecular weight excluding hydrogens is 716 g/mol. The van der Waals surface area contributed by atoms with Gasteiger partial charge in [-0.15, -0.1) is 0 Å². The Bertz CT molecular complexity index is 2600. The fraction of sp³-hybridized carbons (Fsp3) is 0.333. The molecule has 0 radical (unpaired) electrons. The zero-order valence-electron chi connectivity index (χ0n) is 37.4. The van der Waals surface area contributed by atoms with Gasteiger partial charge in [-0.05, 0) is 127 Å². The molecule has 3 aliphatic rings. The van der Waals surface area contributed by atoms with Crippen LogP contribution in [0, 0.1) is 6.92 Å². The maximum absolute atomic E-state index is 2.66. The summed E-state index contributed by atoms with van der Waals surface area (Å²) in [5.41, 5.74) is 18.9. The first-order chi connectivity index (χ1) is 27.1. The molecule has 3 aliphatic heterocycles. The van der Waals surface area contributed by atoms with Gasteiger partial charge >= 0.3 is 0 Å². The number of nitrogens with zero attached hydrogens (tertiary/aromatic N) is 2. The van der Waals surface area contributed by atoms with Gasteiger partial charge in [-0.1, -0.05) is 167 Å². The highest BCUT2D eigenvalue weighted by atomic mass is 28.3. The highest BCUT2D eigenvalue weighted by Crippen LogP contribution is 2.47. The van der Waals surface area contributed by atoms with Gasteiger partial charge in [-0.3, -0.25) is 0 Å². The predicted molar refractivity (Wildman–Crippen MR) is 257 cm³/mol. The van der Waals surface area contributed by atoms with Gasteiger partial charge in [0.05, 0.1) is 0 Å². The lowest BCUT2D eigenvalue weighted by molar-refractivity contribution is 0.569. The molecule has 2 nitrogen and oxygen atoms in total. The number of anilines is 6. The van der Waals surface area contributed by atoms with Gasteiger partial charge in [-0.25, -0.2) is 0 Å². The van der Waals surface area contributed by atoms with Crippen molar-refractivity contribution in [1.29, 1.82) is 0 Å². The molecule has 6 aromatic carbocycles. The van der Waals surface area contributed by atoms with Crippen LogP contribution in [0.2, 0.25) is 6.55 Å². The Kier molecular flexibility index (Phi) is 8.41. The third kappa shape index (κ3) is 5.80. The highest BCUT2D eigenvalue weighted by molar-refractivity contribution is 7.21.